The second-order valence-electron chi connectivity index (χ2n) is 11.2. The monoisotopic (exact) mass is 647 g/mol. The Kier molecular flexibility index (Phi) is 9.97. The largest absolute Gasteiger partial charge is 0.496 e. The Morgan fingerprint density at radius 1 is 0.915 bits per heavy atom. The highest BCUT2D eigenvalue weighted by Gasteiger charge is 2.25. The summed E-state index contributed by atoms with van der Waals surface area (Å²) in [5, 5.41) is 2.33. The van der Waals surface area contributed by atoms with E-state index in [0.717, 1.165) is 55.7 Å². The molecule has 0 radical (unpaired) electrons. The number of hydrogen-bond donors (Lipinski definition) is 0. The molecule has 5 aromatic rings. The maximum absolute atomic E-state index is 11.6. The van der Waals surface area contributed by atoms with E-state index in [1.54, 1.807) is 26.0 Å². The van der Waals surface area contributed by atoms with Crippen LogP contribution < -0.4 is 23.7 Å². The molecule has 4 aromatic carbocycles. The summed E-state index contributed by atoms with van der Waals surface area (Å²) in [4.78, 5) is 15.0. The maximum Gasteiger partial charge on any atom is 0.305 e. The van der Waals surface area contributed by atoms with Gasteiger partial charge in [-0.2, -0.15) is 4.57 Å². The minimum absolute atomic E-state index is 0.186. The van der Waals surface area contributed by atoms with Crippen molar-refractivity contribution in [1.29, 1.82) is 0 Å². The van der Waals surface area contributed by atoms with E-state index in [9.17, 15) is 4.79 Å². The van der Waals surface area contributed by atoms with Gasteiger partial charge in [0.15, 0.2) is 12.7 Å². The number of hydrogen-bond acceptors (Lipinski definition) is 7. The van der Waals surface area contributed by atoms with Crippen LogP contribution in [0.2, 0.25) is 0 Å². The van der Waals surface area contributed by atoms with Gasteiger partial charge in [-0.15, -0.1) is 0 Å². The van der Waals surface area contributed by atoms with Crippen molar-refractivity contribution in [2.75, 3.05) is 39.4 Å². The van der Waals surface area contributed by atoms with E-state index < -0.39 is 0 Å². The van der Waals surface area contributed by atoms with Crippen LogP contribution in [0.1, 0.15) is 30.9 Å². The third kappa shape index (κ3) is 7.08. The van der Waals surface area contributed by atoms with Crippen LogP contribution in [-0.2, 0) is 16.1 Å². The first kappa shape index (κ1) is 32.0. The number of para-hydroxylation sites is 1. The number of aromatic nitrogens is 1. The molecule has 7 nitrogen and oxygen atoms in total. The number of rotatable bonds is 12. The topological polar surface area (TPSA) is 61.1 Å². The molecule has 6 rings (SSSR count). The second-order valence-corrected chi connectivity index (χ2v) is 12.2. The third-order valence-electron chi connectivity index (χ3n) is 8.17. The number of nitrogens with zero attached hydrogens (tertiary/aromatic N) is 2. The molecule has 0 amide bonds. The zero-order chi connectivity index (χ0) is 32.8. The molecule has 0 N–H and O–H groups in total. The fourth-order valence-electron chi connectivity index (χ4n) is 5.87. The predicted octanol–water partition coefficient (Wildman–Crippen LogP) is 8.12. The Hall–Kier alpha value is -4.95. The van der Waals surface area contributed by atoms with Gasteiger partial charge in [-0.05, 0) is 73.0 Å². The first-order valence-corrected chi connectivity index (χ1v) is 16.6. The van der Waals surface area contributed by atoms with Gasteiger partial charge in [0.25, 0.3) is 0 Å². The molecule has 47 heavy (non-hydrogen) atoms. The molecule has 240 valence electrons. The highest BCUT2D eigenvalue weighted by atomic mass is 32.2. The van der Waals surface area contributed by atoms with Gasteiger partial charge in [-0.25, -0.2) is 0 Å². The molecule has 0 aliphatic carbocycles. The molecule has 0 fully saturated rings. The molecular weight excluding hydrogens is 609 g/mol. The average molecular weight is 648 g/mol. The van der Waals surface area contributed by atoms with Crippen LogP contribution in [0.25, 0.3) is 28.1 Å². The van der Waals surface area contributed by atoms with Gasteiger partial charge in [0, 0.05) is 36.1 Å². The highest BCUT2D eigenvalue weighted by molar-refractivity contribution is 8.03. The normalized spacial score (nSPS) is 13.1. The van der Waals surface area contributed by atoms with E-state index in [1.807, 2.05) is 37.3 Å². The molecule has 8 heteroatoms. The fraction of sp³-hybridized carbons (Fsp3) is 0.231. The molecule has 0 unspecified atom stereocenters. The number of ether oxygens (including phenoxy) is 4. The van der Waals surface area contributed by atoms with Gasteiger partial charge in [-0.1, -0.05) is 48.2 Å². The van der Waals surface area contributed by atoms with Gasteiger partial charge in [-0.3, -0.25) is 4.79 Å². The summed E-state index contributed by atoms with van der Waals surface area (Å²) in [7, 11) is 5.49. The molecule has 2 heterocycles. The summed E-state index contributed by atoms with van der Waals surface area (Å²) in [6.45, 7) is 3.38. The first-order chi connectivity index (χ1) is 23.0. The van der Waals surface area contributed by atoms with Crippen LogP contribution in [-0.4, -0.2) is 40.5 Å². The quantitative estimate of drug-likeness (QED) is 0.0770. The van der Waals surface area contributed by atoms with E-state index in [4.69, 9.17) is 18.9 Å². The van der Waals surface area contributed by atoms with Crippen molar-refractivity contribution in [3.8, 4) is 28.4 Å². The lowest BCUT2D eigenvalue weighted by atomic mass is 10.0. The van der Waals surface area contributed by atoms with Crippen LogP contribution in [0.15, 0.2) is 107 Å². The summed E-state index contributed by atoms with van der Waals surface area (Å²) in [5.41, 5.74) is 6.61. The number of thioether (sulfide) groups is 1. The van der Waals surface area contributed by atoms with Gasteiger partial charge in [0.1, 0.15) is 17.2 Å². The zero-order valence-corrected chi connectivity index (χ0v) is 28.0. The number of esters is 1. The molecular formula is C39H39N2O5S+. The van der Waals surface area contributed by atoms with Crippen molar-refractivity contribution in [3.63, 3.8) is 0 Å². The van der Waals surface area contributed by atoms with E-state index in [0.29, 0.717) is 32.6 Å². The molecule has 0 spiro atoms. The number of pyridine rings is 1. The fourth-order valence-corrected chi connectivity index (χ4v) is 7.01. The lowest BCUT2D eigenvalue weighted by Crippen LogP contribution is -2.34. The predicted molar refractivity (Wildman–Crippen MR) is 188 cm³/mol. The van der Waals surface area contributed by atoms with Gasteiger partial charge >= 0.3 is 5.97 Å². The van der Waals surface area contributed by atoms with Gasteiger partial charge < -0.3 is 23.8 Å². The van der Waals surface area contributed by atoms with Crippen LogP contribution >= 0.6 is 11.8 Å². The van der Waals surface area contributed by atoms with Crippen LogP contribution in [0.5, 0.6) is 17.2 Å². The van der Waals surface area contributed by atoms with E-state index >= 15 is 0 Å². The lowest BCUT2D eigenvalue weighted by Gasteiger charge is -2.16. The van der Waals surface area contributed by atoms with Crippen molar-refractivity contribution >= 4 is 40.4 Å². The van der Waals surface area contributed by atoms with E-state index in [-0.39, 0.29) is 5.97 Å². The smallest absolute Gasteiger partial charge is 0.305 e. The molecule has 0 saturated carbocycles. The standard InChI is InChI=1S/C39H39N2O5S/c1-5-45-38(42)17-10-22-46-30-12-8-11-27(23-30)26-41-21-20-28(31-13-6-7-14-32(31)41)25-37-40(2)33-19-18-29(24-36(33)47-37)39-34(43-3)15-9-16-35(39)44-4/h6-9,11-16,18-21,23-25H,5,10,17,22,26H2,1-4H3/q+1. The summed E-state index contributed by atoms with van der Waals surface area (Å²) in [5.74, 6) is 2.18. The van der Waals surface area contributed by atoms with E-state index in [1.165, 1.54) is 10.3 Å². The summed E-state index contributed by atoms with van der Waals surface area (Å²) in [6.07, 6.45) is 5.40. The highest BCUT2D eigenvalue weighted by Crippen LogP contribution is 2.49. The molecule has 1 aliphatic rings. The van der Waals surface area contributed by atoms with Crippen molar-refractivity contribution in [2.24, 2.45) is 0 Å². The van der Waals surface area contributed by atoms with E-state index in [2.05, 4.69) is 89.5 Å². The third-order valence-corrected chi connectivity index (χ3v) is 9.32. The zero-order valence-electron chi connectivity index (χ0n) is 27.2. The summed E-state index contributed by atoms with van der Waals surface area (Å²) in [6, 6.07) is 31.2. The van der Waals surface area contributed by atoms with Crippen molar-refractivity contribution in [3.05, 3.63) is 113 Å². The number of anilines is 1. The second kappa shape index (κ2) is 14.6. The van der Waals surface area contributed by atoms with Crippen LogP contribution in [0.4, 0.5) is 5.69 Å². The van der Waals surface area contributed by atoms with Crippen molar-refractivity contribution in [2.45, 2.75) is 31.2 Å². The van der Waals surface area contributed by atoms with Gasteiger partial charge in [0.05, 0.1) is 49.1 Å². The minimum Gasteiger partial charge on any atom is -0.496 e. The number of benzene rings is 4. The molecule has 0 atom stereocenters. The Bertz CT molecular complexity index is 1920. The Morgan fingerprint density at radius 3 is 2.49 bits per heavy atom. The van der Waals surface area contributed by atoms with Crippen molar-refractivity contribution in [1.82, 2.24) is 0 Å². The molecule has 0 bridgehead atoms. The number of methoxy groups -OCH3 is 2. The minimum atomic E-state index is -0.186. The number of carbonyl (C=O) groups is 1. The van der Waals surface area contributed by atoms with Crippen molar-refractivity contribution < 1.29 is 28.3 Å². The number of carbonyl (C=O) groups excluding carboxylic acids is 1. The number of fused-ring (bicyclic) bond motifs is 2. The van der Waals surface area contributed by atoms with Gasteiger partial charge in [0.2, 0.25) is 5.52 Å². The summed E-state index contributed by atoms with van der Waals surface area (Å²) < 4.78 is 24.6. The Labute approximate surface area is 280 Å². The molecule has 0 saturated heterocycles. The average Bonchev–Trinajstić information content (AvgIpc) is 3.41. The Balaban J connectivity index is 1.22. The van der Waals surface area contributed by atoms with Crippen LogP contribution in [0, 0.1) is 0 Å². The Morgan fingerprint density at radius 2 is 1.70 bits per heavy atom. The molecule has 1 aliphatic heterocycles. The first-order valence-electron chi connectivity index (χ1n) is 15.8. The SMILES string of the molecule is CCOC(=O)CCCOc1cccc(C[n+]2ccc(/C=C3/Sc4cc(-c5c(OC)cccc5OC)ccc4N3C)c3ccccc32)c1. The maximum atomic E-state index is 11.6. The molecule has 1 aromatic heterocycles. The summed E-state index contributed by atoms with van der Waals surface area (Å²) >= 11 is 1.76. The van der Waals surface area contributed by atoms with Crippen LogP contribution in [0.3, 0.4) is 0 Å². The lowest BCUT2D eigenvalue weighted by molar-refractivity contribution is -0.662.